The van der Waals surface area contributed by atoms with Gasteiger partial charge in [0, 0.05) is 0 Å². The molecule has 0 atom stereocenters. The highest BCUT2D eigenvalue weighted by Crippen LogP contribution is 2.16. The molecule has 0 spiro atoms. The van der Waals surface area contributed by atoms with Crippen molar-refractivity contribution in [3.05, 3.63) is 0 Å². The molecule has 0 aliphatic carbocycles. The van der Waals surface area contributed by atoms with E-state index in [1.165, 1.54) is 25.7 Å². The molecule has 0 saturated carbocycles. The lowest BCUT2D eigenvalue weighted by atomic mass is 10.1. The molecule has 24 heavy (non-hydrogen) atoms. The van der Waals surface area contributed by atoms with Gasteiger partial charge in [-0.3, -0.25) is 19.7 Å². The minimum absolute atomic E-state index is 0.152. The fraction of sp³-hybridized carbons (Fsp3) is 0.842. The van der Waals surface area contributed by atoms with Crippen molar-refractivity contribution >= 4 is 18.1 Å². The number of rotatable bonds is 15. The van der Waals surface area contributed by atoms with Crippen LogP contribution >= 0.6 is 0 Å². The average molecular weight is 342 g/mol. The van der Waals surface area contributed by atoms with Crippen LogP contribution in [-0.2, 0) is 14.4 Å². The van der Waals surface area contributed by atoms with Crippen molar-refractivity contribution in [1.82, 2.24) is 5.32 Å². The number of nitrogens with one attached hydrogen (secondary N) is 1. The van der Waals surface area contributed by atoms with Gasteiger partial charge in [0.05, 0.1) is 32.6 Å². The van der Waals surface area contributed by atoms with Crippen LogP contribution in [0.5, 0.6) is 0 Å². The molecule has 0 aromatic carbocycles. The first-order chi connectivity index (χ1) is 11.5. The Labute approximate surface area is 147 Å². The van der Waals surface area contributed by atoms with Crippen LogP contribution in [0.4, 0.5) is 0 Å². The standard InChI is InChI=1S/C19H36N2O3/c1-4-7-10-11-15-21(13-8-5-2,14-9-6-3)16-12-18(23)20-19(24)17-22/h17H,4-16H2,1-3H3/p+1. The Hall–Kier alpha value is -1.23. The summed E-state index contributed by atoms with van der Waals surface area (Å²) in [5.74, 6) is -1.18. The summed E-state index contributed by atoms with van der Waals surface area (Å²) < 4.78 is 0.966. The van der Waals surface area contributed by atoms with Crippen molar-refractivity contribution < 1.29 is 18.9 Å². The van der Waals surface area contributed by atoms with Gasteiger partial charge in [0.2, 0.25) is 12.2 Å². The zero-order valence-corrected chi connectivity index (χ0v) is 15.9. The summed E-state index contributed by atoms with van der Waals surface area (Å²) in [6.07, 6.45) is 9.99. The normalized spacial score (nSPS) is 11.3. The van der Waals surface area contributed by atoms with E-state index in [0.717, 1.165) is 56.3 Å². The van der Waals surface area contributed by atoms with Crippen molar-refractivity contribution in [2.45, 2.75) is 78.6 Å². The lowest BCUT2D eigenvalue weighted by molar-refractivity contribution is -0.928. The Balaban J connectivity index is 4.77. The van der Waals surface area contributed by atoms with Gasteiger partial charge in [0.25, 0.3) is 5.91 Å². The van der Waals surface area contributed by atoms with E-state index in [2.05, 4.69) is 26.1 Å². The van der Waals surface area contributed by atoms with Gasteiger partial charge in [-0.25, -0.2) is 0 Å². The Kier molecular flexibility index (Phi) is 13.4. The molecule has 0 saturated heterocycles. The van der Waals surface area contributed by atoms with E-state index in [1.807, 2.05) is 0 Å². The number of quaternary nitrogens is 1. The van der Waals surface area contributed by atoms with E-state index < -0.39 is 5.91 Å². The molecule has 0 aliphatic rings. The summed E-state index contributed by atoms with van der Waals surface area (Å²) in [5, 5.41) is 2.13. The molecule has 0 aliphatic heterocycles. The summed E-state index contributed by atoms with van der Waals surface area (Å²) in [7, 11) is 0. The van der Waals surface area contributed by atoms with Crippen molar-refractivity contribution in [2.24, 2.45) is 0 Å². The topological polar surface area (TPSA) is 63.2 Å². The maximum Gasteiger partial charge on any atom is 0.290 e. The highest BCUT2D eigenvalue weighted by molar-refractivity contribution is 6.27. The molecule has 0 unspecified atom stereocenters. The number of amides is 2. The highest BCUT2D eigenvalue weighted by Gasteiger charge is 2.27. The molecule has 0 heterocycles. The van der Waals surface area contributed by atoms with E-state index in [-0.39, 0.29) is 12.2 Å². The third-order valence-corrected chi connectivity index (χ3v) is 4.64. The van der Waals surface area contributed by atoms with Crippen LogP contribution in [-0.4, -0.2) is 48.8 Å². The van der Waals surface area contributed by atoms with E-state index in [9.17, 15) is 14.4 Å². The van der Waals surface area contributed by atoms with Gasteiger partial charge < -0.3 is 4.48 Å². The van der Waals surface area contributed by atoms with Gasteiger partial charge in [-0.05, 0) is 25.7 Å². The molecule has 0 fully saturated rings. The van der Waals surface area contributed by atoms with Crippen molar-refractivity contribution in [2.75, 3.05) is 26.2 Å². The van der Waals surface area contributed by atoms with Crippen LogP contribution < -0.4 is 5.32 Å². The summed E-state index contributed by atoms with van der Waals surface area (Å²) in [6.45, 7) is 10.7. The maximum absolute atomic E-state index is 11.9. The average Bonchev–Trinajstić information content (AvgIpc) is 2.59. The lowest BCUT2D eigenvalue weighted by Crippen LogP contribution is -2.52. The second-order valence-corrected chi connectivity index (χ2v) is 6.78. The lowest BCUT2D eigenvalue weighted by Gasteiger charge is -2.39. The summed E-state index contributed by atoms with van der Waals surface area (Å²) in [4.78, 5) is 33.3. The summed E-state index contributed by atoms with van der Waals surface area (Å²) in [6, 6.07) is 0. The zero-order chi connectivity index (χ0) is 18.3. The van der Waals surface area contributed by atoms with Crippen LogP contribution in [0, 0.1) is 0 Å². The molecular formula is C19H37N2O3+. The number of carbonyl (C=O) groups excluding carboxylic acids is 3. The van der Waals surface area contributed by atoms with Crippen LogP contribution in [0.25, 0.3) is 0 Å². The van der Waals surface area contributed by atoms with E-state index >= 15 is 0 Å². The number of unbranched alkanes of at least 4 members (excludes halogenated alkanes) is 5. The molecule has 0 aromatic rings. The van der Waals surface area contributed by atoms with E-state index in [1.54, 1.807) is 0 Å². The first kappa shape index (κ1) is 22.8. The SMILES string of the molecule is CCCCCC[N+](CCCC)(CCCC)CCC(=O)NC(=O)C=O. The zero-order valence-electron chi connectivity index (χ0n) is 15.9. The Bertz CT molecular complexity index is 362. The monoisotopic (exact) mass is 341 g/mol. The fourth-order valence-corrected chi connectivity index (χ4v) is 3.10. The van der Waals surface area contributed by atoms with Gasteiger partial charge in [0.15, 0.2) is 0 Å². The molecule has 0 aromatic heterocycles. The third-order valence-electron chi connectivity index (χ3n) is 4.64. The molecule has 140 valence electrons. The van der Waals surface area contributed by atoms with Crippen LogP contribution in [0.15, 0.2) is 0 Å². The fourth-order valence-electron chi connectivity index (χ4n) is 3.10. The van der Waals surface area contributed by atoms with Crippen LogP contribution in [0.1, 0.15) is 78.6 Å². The second-order valence-electron chi connectivity index (χ2n) is 6.78. The van der Waals surface area contributed by atoms with Gasteiger partial charge in [-0.1, -0.05) is 46.5 Å². The Morgan fingerprint density at radius 1 is 0.792 bits per heavy atom. The molecule has 0 rings (SSSR count). The van der Waals surface area contributed by atoms with Gasteiger partial charge in [-0.15, -0.1) is 0 Å². The number of nitrogens with zero attached hydrogens (tertiary/aromatic N) is 1. The molecule has 5 heteroatoms. The number of hydrogen-bond acceptors (Lipinski definition) is 3. The maximum atomic E-state index is 11.9. The summed E-state index contributed by atoms with van der Waals surface area (Å²) in [5.41, 5.74) is 0. The minimum Gasteiger partial charge on any atom is -0.323 e. The number of carbonyl (C=O) groups is 3. The largest absolute Gasteiger partial charge is 0.323 e. The molecule has 0 radical (unpaired) electrons. The minimum atomic E-state index is -0.844. The first-order valence-corrected chi connectivity index (χ1v) is 9.67. The van der Waals surface area contributed by atoms with E-state index in [4.69, 9.17) is 0 Å². The number of imide groups is 1. The first-order valence-electron chi connectivity index (χ1n) is 9.67. The van der Waals surface area contributed by atoms with Crippen molar-refractivity contribution in [1.29, 1.82) is 0 Å². The number of hydrogen-bond donors (Lipinski definition) is 1. The highest BCUT2D eigenvalue weighted by atomic mass is 16.2. The predicted octanol–water partition coefficient (Wildman–Crippen LogP) is 3.22. The van der Waals surface area contributed by atoms with Crippen molar-refractivity contribution in [3.8, 4) is 0 Å². The van der Waals surface area contributed by atoms with E-state index in [0.29, 0.717) is 6.42 Å². The third kappa shape index (κ3) is 10.5. The molecule has 1 N–H and O–H groups in total. The second kappa shape index (κ2) is 14.1. The van der Waals surface area contributed by atoms with Crippen LogP contribution in [0.2, 0.25) is 0 Å². The quantitative estimate of drug-likeness (QED) is 0.215. The van der Waals surface area contributed by atoms with Crippen LogP contribution in [0.3, 0.4) is 0 Å². The van der Waals surface area contributed by atoms with Gasteiger partial charge in [0.1, 0.15) is 0 Å². The predicted molar refractivity (Wildman–Crippen MR) is 97.5 cm³/mol. The van der Waals surface area contributed by atoms with Gasteiger partial charge >= 0.3 is 0 Å². The molecular weight excluding hydrogens is 304 g/mol. The smallest absolute Gasteiger partial charge is 0.290 e. The number of aldehydes is 1. The molecule has 5 nitrogen and oxygen atoms in total. The molecule has 2 amide bonds. The molecule has 0 bridgehead atoms. The Morgan fingerprint density at radius 3 is 1.83 bits per heavy atom. The van der Waals surface area contributed by atoms with Gasteiger partial charge in [-0.2, -0.15) is 0 Å². The van der Waals surface area contributed by atoms with Crippen molar-refractivity contribution in [3.63, 3.8) is 0 Å². The Morgan fingerprint density at radius 2 is 1.33 bits per heavy atom. The summed E-state index contributed by atoms with van der Waals surface area (Å²) >= 11 is 0.